The zero-order valence-electron chi connectivity index (χ0n) is 33.7. The standard InChI is InChI=1S/C57H39NS3/c1-57(2)49-21-6-3-16-48(49)53-50(57)33-32-41(54(53)59)37-12-9-13-40(34-37)58(38-28-24-35(25-29-38)42-17-10-19-46-44-14-4-7-22-51(44)60-55(42)46)39-30-26-36(27-31-39)43-18-11-20-47-45-15-5-8-23-52(45)61-56(43)47/h3-34,59H,1-2H3. The van der Waals surface area contributed by atoms with Crippen LogP contribution in [-0.2, 0) is 5.41 Å². The van der Waals surface area contributed by atoms with Gasteiger partial charge >= 0.3 is 0 Å². The Hall–Kier alpha value is -6.43. The van der Waals surface area contributed by atoms with Crippen LogP contribution >= 0.6 is 35.3 Å². The van der Waals surface area contributed by atoms with Crippen molar-refractivity contribution in [1.82, 2.24) is 0 Å². The van der Waals surface area contributed by atoms with E-state index in [0.717, 1.165) is 33.1 Å². The highest BCUT2D eigenvalue weighted by atomic mass is 32.1. The van der Waals surface area contributed by atoms with Gasteiger partial charge in [0.25, 0.3) is 0 Å². The lowest BCUT2D eigenvalue weighted by Crippen LogP contribution is -2.14. The average molecular weight is 834 g/mol. The second kappa shape index (κ2) is 14.1. The van der Waals surface area contributed by atoms with Crippen molar-refractivity contribution in [3.63, 3.8) is 0 Å². The molecule has 0 unspecified atom stereocenters. The fourth-order valence-corrected chi connectivity index (χ4v) is 12.7. The third-order valence-corrected chi connectivity index (χ3v) is 15.7. The van der Waals surface area contributed by atoms with Crippen LogP contribution < -0.4 is 4.90 Å². The Labute approximate surface area is 369 Å². The number of hydrogen-bond donors (Lipinski definition) is 1. The monoisotopic (exact) mass is 833 g/mol. The summed E-state index contributed by atoms with van der Waals surface area (Å²) in [6.07, 6.45) is 0. The van der Waals surface area contributed by atoms with Crippen LogP contribution in [-0.4, -0.2) is 0 Å². The van der Waals surface area contributed by atoms with Gasteiger partial charge in [0.1, 0.15) is 0 Å². The van der Waals surface area contributed by atoms with E-state index in [0.29, 0.717) is 0 Å². The van der Waals surface area contributed by atoms with E-state index in [1.807, 2.05) is 22.7 Å². The van der Waals surface area contributed by atoms with E-state index < -0.39 is 0 Å². The molecule has 2 aromatic heterocycles. The van der Waals surface area contributed by atoms with Gasteiger partial charge in [0.15, 0.2) is 0 Å². The first-order valence-corrected chi connectivity index (χ1v) is 22.9. The SMILES string of the molecule is CC1(C)c2ccccc2-c2c1ccc(-c1cccc(N(c3ccc(-c4cccc5c4sc4ccccc45)cc3)c3ccc(-c4cccc5c4sc4ccccc45)cc3)c1)c2S. The molecule has 0 fully saturated rings. The fraction of sp³-hybridized carbons (Fsp3) is 0.0526. The maximum Gasteiger partial charge on any atom is 0.0467 e. The van der Waals surface area contributed by atoms with Gasteiger partial charge in [-0.05, 0) is 104 Å². The molecule has 0 radical (unpaired) electrons. The third kappa shape index (κ3) is 5.74. The minimum atomic E-state index is -0.0795. The van der Waals surface area contributed by atoms with Crippen LogP contribution in [0.5, 0.6) is 0 Å². The molecule has 0 saturated carbocycles. The summed E-state index contributed by atoms with van der Waals surface area (Å²) in [4.78, 5) is 3.42. The topological polar surface area (TPSA) is 3.24 Å². The minimum Gasteiger partial charge on any atom is -0.310 e. The van der Waals surface area contributed by atoms with Gasteiger partial charge in [0.05, 0.1) is 0 Å². The first-order chi connectivity index (χ1) is 29.9. The van der Waals surface area contributed by atoms with Crippen molar-refractivity contribution in [3.05, 3.63) is 205 Å². The molecular formula is C57H39NS3. The van der Waals surface area contributed by atoms with Crippen LogP contribution in [0.2, 0.25) is 0 Å². The predicted molar refractivity (Wildman–Crippen MR) is 268 cm³/mol. The van der Waals surface area contributed by atoms with Crippen molar-refractivity contribution in [2.75, 3.05) is 4.90 Å². The molecule has 0 saturated heterocycles. The summed E-state index contributed by atoms with van der Waals surface area (Å²) in [6, 6.07) is 71.5. The molecule has 9 aromatic carbocycles. The van der Waals surface area contributed by atoms with E-state index in [-0.39, 0.29) is 5.41 Å². The lowest BCUT2D eigenvalue weighted by atomic mass is 9.82. The molecule has 4 heteroatoms. The van der Waals surface area contributed by atoms with Crippen molar-refractivity contribution in [1.29, 1.82) is 0 Å². The van der Waals surface area contributed by atoms with Crippen molar-refractivity contribution in [2.24, 2.45) is 0 Å². The molecule has 290 valence electrons. The lowest BCUT2D eigenvalue weighted by Gasteiger charge is -2.27. The molecule has 12 rings (SSSR count). The molecule has 0 aliphatic heterocycles. The largest absolute Gasteiger partial charge is 0.310 e. The number of fused-ring (bicyclic) bond motifs is 9. The highest BCUT2D eigenvalue weighted by molar-refractivity contribution is 7.80. The summed E-state index contributed by atoms with van der Waals surface area (Å²) >= 11 is 9.06. The Morgan fingerprint density at radius 2 is 0.902 bits per heavy atom. The molecule has 0 atom stereocenters. The molecule has 11 aromatic rings. The number of nitrogens with zero attached hydrogens (tertiary/aromatic N) is 1. The normalized spacial score (nSPS) is 13.0. The Morgan fingerprint density at radius 3 is 1.51 bits per heavy atom. The summed E-state index contributed by atoms with van der Waals surface area (Å²) in [5.41, 5.74) is 15.6. The van der Waals surface area contributed by atoms with E-state index in [1.165, 1.54) is 84.9 Å². The molecule has 0 spiro atoms. The highest BCUT2D eigenvalue weighted by Crippen LogP contribution is 2.53. The maximum absolute atomic E-state index is 5.30. The molecule has 1 aliphatic rings. The van der Waals surface area contributed by atoms with Crippen LogP contribution in [0.25, 0.3) is 84.9 Å². The van der Waals surface area contributed by atoms with Gasteiger partial charge in [-0.1, -0.05) is 159 Å². The van der Waals surface area contributed by atoms with Crippen molar-refractivity contribution < 1.29 is 0 Å². The predicted octanol–water partition coefficient (Wildman–Crippen LogP) is 17.5. The summed E-state index contributed by atoms with van der Waals surface area (Å²) in [7, 11) is 0. The average Bonchev–Trinajstić information content (AvgIpc) is 3.95. The number of thiol groups is 1. The molecule has 0 amide bonds. The third-order valence-electron chi connectivity index (χ3n) is 12.8. The van der Waals surface area contributed by atoms with E-state index >= 15 is 0 Å². The summed E-state index contributed by atoms with van der Waals surface area (Å²) < 4.78 is 5.29. The molecule has 1 aliphatic carbocycles. The van der Waals surface area contributed by atoms with Gasteiger partial charge in [-0.15, -0.1) is 35.3 Å². The van der Waals surface area contributed by atoms with Crippen LogP contribution in [0, 0.1) is 0 Å². The number of anilines is 3. The van der Waals surface area contributed by atoms with E-state index in [2.05, 4.69) is 213 Å². The van der Waals surface area contributed by atoms with E-state index in [1.54, 1.807) is 0 Å². The Balaban J connectivity index is 0.980. The van der Waals surface area contributed by atoms with Gasteiger partial charge < -0.3 is 4.90 Å². The van der Waals surface area contributed by atoms with Gasteiger partial charge in [0.2, 0.25) is 0 Å². The second-order valence-electron chi connectivity index (χ2n) is 16.6. The molecule has 2 heterocycles. The second-order valence-corrected chi connectivity index (χ2v) is 19.1. The zero-order chi connectivity index (χ0) is 40.8. The number of benzene rings is 9. The van der Waals surface area contributed by atoms with Crippen molar-refractivity contribution >= 4 is 92.7 Å². The summed E-state index contributed by atoms with van der Waals surface area (Å²) in [6.45, 7) is 4.65. The Morgan fingerprint density at radius 1 is 0.393 bits per heavy atom. The summed E-state index contributed by atoms with van der Waals surface area (Å²) in [5, 5.41) is 5.27. The molecule has 1 nitrogen and oxygen atoms in total. The molecule has 61 heavy (non-hydrogen) atoms. The first kappa shape index (κ1) is 36.4. The summed E-state index contributed by atoms with van der Waals surface area (Å²) in [5.74, 6) is 0. The fourth-order valence-electron chi connectivity index (χ4n) is 9.80. The van der Waals surface area contributed by atoms with Crippen LogP contribution in [0.15, 0.2) is 199 Å². The number of rotatable bonds is 6. The lowest BCUT2D eigenvalue weighted by molar-refractivity contribution is 0.660. The number of thiophene rings is 2. The Kier molecular flexibility index (Phi) is 8.40. The molecular weight excluding hydrogens is 795 g/mol. The van der Waals surface area contributed by atoms with Gasteiger partial charge in [0, 0.05) is 67.7 Å². The Bertz CT molecular complexity index is 3360. The molecule has 0 N–H and O–H groups in total. The quantitative estimate of drug-likeness (QED) is 0.163. The van der Waals surface area contributed by atoms with Crippen molar-refractivity contribution in [3.8, 4) is 44.5 Å². The smallest absolute Gasteiger partial charge is 0.0467 e. The van der Waals surface area contributed by atoms with Crippen molar-refractivity contribution in [2.45, 2.75) is 24.2 Å². The maximum atomic E-state index is 5.30. The van der Waals surface area contributed by atoms with Crippen LogP contribution in [0.4, 0.5) is 17.1 Å². The highest BCUT2D eigenvalue weighted by Gasteiger charge is 2.36. The van der Waals surface area contributed by atoms with Gasteiger partial charge in [-0.25, -0.2) is 0 Å². The molecule has 0 bridgehead atoms. The number of hydrogen-bond acceptors (Lipinski definition) is 4. The minimum absolute atomic E-state index is 0.0795. The van der Waals surface area contributed by atoms with E-state index in [4.69, 9.17) is 12.6 Å². The van der Waals surface area contributed by atoms with Gasteiger partial charge in [-0.3, -0.25) is 0 Å². The van der Waals surface area contributed by atoms with Gasteiger partial charge in [-0.2, -0.15) is 0 Å². The van der Waals surface area contributed by atoms with Crippen LogP contribution in [0.1, 0.15) is 25.0 Å². The first-order valence-electron chi connectivity index (χ1n) is 20.8. The zero-order valence-corrected chi connectivity index (χ0v) is 36.2. The van der Waals surface area contributed by atoms with Crippen LogP contribution in [0.3, 0.4) is 0 Å². The van der Waals surface area contributed by atoms with E-state index in [9.17, 15) is 0 Å².